The minimum absolute atomic E-state index is 0.217. The van der Waals surface area contributed by atoms with Crippen LogP contribution in [0.5, 0.6) is 11.5 Å². The maximum Gasteiger partial charge on any atom is 0.255 e. The van der Waals surface area contributed by atoms with Crippen LogP contribution >= 0.6 is 0 Å². The third kappa shape index (κ3) is 6.46. The van der Waals surface area contributed by atoms with E-state index in [1.165, 1.54) is 0 Å². The van der Waals surface area contributed by atoms with Crippen molar-refractivity contribution >= 4 is 23.2 Å². The summed E-state index contributed by atoms with van der Waals surface area (Å²) in [7, 11) is 0. The molecule has 0 bridgehead atoms. The molecule has 4 rings (SSSR count). The number of hydrogen-bond donors (Lipinski definition) is 2. The second kappa shape index (κ2) is 11.3. The van der Waals surface area contributed by atoms with Crippen molar-refractivity contribution in [2.45, 2.75) is 0 Å². The molecule has 6 nitrogen and oxygen atoms in total. The third-order valence-corrected chi connectivity index (χ3v) is 4.87. The Morgan fingerprint density at radius 1 is 0.529 bits per heavy atom. The number of carbonyl (C=O) groups excluding carboxylic acids is 2. The molecule has 0 saturated carbocycles. The predicted octanol–water partition coefficient (Wildman–Crippen LogP) is 5.65. The van der Waals surface area contributed by atoms with E-state index in [9.17, 15) is 9.59 Å². The molecule has 4 aromatic carbocycles. The van der Waals surface area contributed by atoms with Crippen molar-refractivity contribution in [3.8, 4) is 11.5 Å². The second-order valence-corrected chi connectivity index (χ2v) is 7.39. The first-order chi connectivity index (χ1) is 16.7. The van der Waals surface area contributed by atoms with Crippen LogP contribution in [0.25, 0.3) is 0 Å². The van der Waals surface area contributed by atoms with E-state index in [0.717, 1.165) is 5.75 Å². The summed E-state index contributed by atoms with van der Waals surface area (Å²) in [5.41, 5.74) is 2.17. The summed E-state index contributed by atoms with van der Waals surface area (Å²) >= 11 is 0. The Kier molecular flexibility index (Phi) is 7.54. The molecule has 34 heavy (non-hydrogen) atoms. The zero-order chi connectivity index (χ0) is 23.6. The van der Waals surface area contributed by atoms with Gasteiger partial charge in [-0.05, 0) is 60.7 Å². The Morgan fingerprint density at radius 3 is 1.71 bits per heavy atom. The topological polar surface area (TPSA) is 76.7 Å². The van der Waals surface area contributed by atoms with E-state index in [1.807, 2.05) is 36.4 Å². The number of amides is 2. The highest BCUT2D eigenvalue weighted by Gasteiger charge is 2.10. The first-order valence-electron chi connectivity index (χ1n) is 10.9. The van der Waals surface area contributed by atoms with Crippen LogP contribution in [0.4, 0.5) is 11.4 Å². The van der Waals surface area contributed by atoms with E-state index in [2.05, 4.69) is 10.6 Å². The average molecular weight is 453 g/mol. The van der Waals surface area contributed by atoms with Gasteiger partial charge >= 0.3 is 0 Å². The van der Waals surface area contributed by atoms with Gasteiger partial charge in [0.15, 0.2) is 0 Å². The van der Waals surface area contributed by atoms with Crippen molar-refractivity contribution in [2.24, 2.45) is 0 Å². The molecular weight excluding hydrogens is 428 g/mol. The zero-order valence-electron chi connectivity index (χ0n) is 18.4. The molecular formula is C28H24N2O4. The molecule has 170 valence electrons. The van der Waals surface area contributed by atoms with Crippen molar-refractivity contribution in [3.63, 3.8) is 0 Å². The molecule has 0 saturated heterocycles. The smallest absolute Gasteiger partial charge is 0.255 e. The van der Waals surface area contributed by atoms with Gasteiger partial charge < -0.3 is 20.1 Å². The van der Waals surface area contributed by atoms with Crippen LogP contribution in [0.15, 0.2) is 109 Å². The fraction of sp³-hybridized carbons (Fsp3) is 0.0714. The maximum atomic E-state index is 12.8. The van der Waals surface area contributed by atoms with Gasteiger partial charge in [-0.3, -0.25) is 9.59 Å². The van der Waals surface area contributed by atoms with Crippen LogP contribution in [0.2, 0.25) is 0 Å². The van der Waals surface area contributed by atoms with E-state index in [0.29, 0.717) is 41.5 Å². The van der Waals surface area contributed by atoms with Gasteiger partial charge in [0.2, 0.25) is 0 Å². The van der Waals surface area contributed by atoms with Gasteiger partial charge in [-0.1, -0.05) is 48.5 Å². The van der Waals surface area contributed by atoms with Crippen LogP contribution in [-0.4, -0.2) is 25.0 Å². The molecule has 0 aliphatic carbocycles. The Morgan fingerprint density at radius 2 is 1.03 bits per heavy atom. The summed E-state index contributed by atoms with van der Waals surface area (Å²) in [6, 6.07) is 32.4. The van der Waals surface area contributed by atoms with Gasteiger partial charge in [0.25, 0.3) is 11.8 Å². The minimum atomic E-state index is -0.280. The summed E-state index contributed by atoms with van der Waals surface area (Å²) < 4.78 is 11.3. The molecule has 0 aliphatic heterocycles. The number of rotatable bonds is 9. The second-order valence-electron chi connectivity index (χ2n) is 7.39. The standard InChI is InChI=1S/C28H24N2O4/c31-27(21-9-3-1-4-10-21)29-23-12-8-13-24(20-23)30-28(32)22-11-7-16-26(19-22)34-18-17-33-25-14-5-2-6-15-25/h1-16,19-20H,17-18H2,(H,29,31)(H,30,32). The first-order valence-corrected chi connectivity index (χ1v) is 10.9. The molecule has 0 fully saturated rings. The molecule has 0 heterocycles. The van der Waals surface area contributed by atoms with Crippen molar-refractivity contribution < 1.29 is 19.1 Å². The van der Waals surface area contributed by atoms with Crippen LogP contribution < -0.4 is 20.1 Å². The minimum Gasteiger partial charge on any atom is -0.490 e. The van der Waals surface area contributed by atoms with Crippen molar-refractivity contribution in [3.05, 3.63) is 120 Å². The molecule has 0 unspecified atom stereocenters. The average Bonchev–Trinajstić information content (AvgIpc) is 2.88. The van der Waals surface area contributed by atoms with Gasteiger partial charge in [-0.2, -0.15) is 0 Å². The quantitative estimate of drug-likeness (QED) is 0.322. The highest BCUT2D eigenvalue weighted by molar-refractivity contribution is 6.06. The Balaban J connectivity index is 1.32. The Hall–Kier alpha value is -4.58. The van der Waals surface area contributed by atoms with E-state index < -0.39 is 0 Å². The maximum absolute atomic E-state index is 12.8. The Bertz CT molecular complexity index is 1240. The molecule has 0 atom stereocenters. The molecule has 0 radical (unpaired) electrons. The number of carbonyl (C=O) groups is 2. The number of ether oxygens (including phenoxy) is 2. The fourth-order valence-corrected chi connectivity index (χ4v) is 3.23. The summed E-state index contributed by atoms with van der Waals surface area (Å²) in [5.74, 6) is 0.859. The van der Waals surface area contributed by atoms with Crippen LogP contribution in [0, 0.1) is 0 Å². The zero-order valence-corrected chi connectivity index (χ0v) is 18.4. The molecule has 0 aromatic heterocycles. The monoisotopic (exact) mass is 452 g/mol. The summed E-state index contributed by atoms with van der Waals surface area (Å²) in [4.78, 5) is 25.1. The predicted molar refractivity (Wildman–Crippen MR) is 133 cm³/mol. The Labute approximate surface area is 198 Å². The largest absolute Gasteiger partial charge is 0.490 e. The lowest BCUT2D eigenvalue weighted by molar-refractivity contribution is 0.101. The normalized spacial score (nSPS) is 10.2. The highest BCUT2D eigenvalue weighted by Crippen LogP contribution is 2.19. The number of benzene rings is 4. The van der Waals surface area contributed by atoms with E-state index in [4.69, 9.17) is 9.47 Å². The lowest BCUT2D eigenvalue weighted by Gasteiger charge is -2.11. The van der Waals surface area contributed by atoms with Gasteiger partial charge in [-0.25, -0.2) is 0 Å². The van der Waals surface area contributed by atoms with E-state index in [-0.39, 0.29) is 11.8 Å². The van der Waals surface area contributed by atoms with Gasteiger partial charge in [-0.15, -0.1) is 0 Å². The summed E-state index contributed by atoms with van der Waals surface area (Å²) in [6.45, 7) is 0.741. The lowest BCUT2D eigenvalue weighted by atomic mass is 10.2. The highest BCUT2D eigenvalue weighted by atomic mass is 16.5. The van der Waals surface area contributed by atoms with E-state index in [1.54, 1.807) is 72.8 Å². The summed E-state index contributed by atoms with van der Waals surface area (Å²) in [6.07, 6.45) is 0. The number of para-hydroxylation sites is 1. The first kappa shape index (κ1) is 22.6. The van der Waals surface area contributed by atoms with Gasteiger partial charge in [0.05, 0.1) is 0 Å². The van der Waals surface area contributed by atoms with Crippen molar-refractivity contribution in [1.29, 1.82) is 0 Å². The van der Waals surface area contributed by atoms with Crippen LogP contribution in [0.1, 0.15) is 20.7 Å². The van der Waals surface area contributed by atoms with Crippen molar-refractivity contribution in [1.82, 2.24) is 0 Å². The molecule has 4 aromatic rings. The lowest BCUT2D eigenvalue weighted by Crippen LogP contribution is -2.14. The fourth-order valence-electron chi connectivity index (χ4n) is 3.23. The molecule has 0 spiro atoms. The van der Waals surface area contributed by atoms with Crippen LogP contribution in [-0.2, 0) is 0 Å². The van der Waals surface area contributed by atoms with Crippen molar-refractivity contribution in [2.75, 3.05) is 23.8 Å². The number of nitrogens with one attached hydrogen (secondary N) is 2. The van der Waals surface area contributed by atoms with E-state index >= 15 is 0 Å². The molecule has 0 aliphatic rings. The number of hydrogen-bond acceptors (Lipinski definition) is 4. The molecule has 6 heteroatoms. The summed E-state index contributed by atoms with van der Waals surface area (Å²) in [5, 5.41) is 5.70. The third-order valence-electron chi connectivity index (χ3n) is 4.87. The number of anilines is 2. The van der Waals surface area contributed by atoms with Gasteiger partial charge in [0.1, 0.15) is 24.7 Å². The SMILES string of the molecule is O=C(Nc1cccc(NC(=O)c2cccc(OCCOc3ccccc3)c2)c1)c1ccccc1. The molecule has 2 N–H and O–H groups in total. The molecule has 2 amide bonds. The van der Waals surface area contributed by atoms with Crippen LogP contribution in [0.3, 0.4) is 0 Å². The van der Waals surface area contributed by atoms with Gasteiger partial charge in [0, 0.05) is 22.5 Å².